The largest absolute Gasteiger partial charge is 0.404 e. The zero-order valence-electron chi connectivity index (χ0n) is 16.1. The number of rotatable bonds is 4. The van der Waals surface area contributed by atoms with Crippen LogP contribution in [0, 0.1) is 11.8 Å². The Labute approximate surface area is 158 Å². The van der Waals surface area contributed by atoms with Crippen LogP contribution in [0.15, 0.2) is 60.7 Å². The molecule has 2 fully saturated rings. The highest BCUT2D eigenvalue weighted by Gasteiger charge is 2.55. The smallest absolute Gasteiger partial charge is 0.261 e. The van der Waals surface area contributed by atoms with Gasteiger partial charge in [-0.15, -0.1) is 0 Å². The molecule has 2 aliphatic rings. The van der Waals surface area contributed by atoms with Crippen molar-refractivity contribution in [2.45, 2.75) is 57.3 Å². The average Bonchev–Trinajstić information content (AvgIpc) is 3.19. The molecule has 0 saturated heterocycles. The summed E-state index contributed by atoms with van der Waals surface area (Å²) in [6, 6.07) is 21.8. The van der Waals surface area contributed by atoms with E-state index in [0.717, 1.165) is 19.3 Å². The molecule has 4 atom stereocenters. The number of hydrogen-bond acceptors (Lipinski definition) is 2. The minimum absolute atomic E-state index is 0.0240. The Morgan fingerprint density at radius 3 is 1.73 bits per heavy atom. The van der Waals surface area contributed by atoms with Gasteiger partial charge in [0.15, 0.2) is 0 Å². The third kappa shape index (κ3) is 2.86. The molecule has 0 heterocycles. The van der Waals surface area contributed by atoms with Crippen LogP contribution in [0.25, 0.3) is 0 Å². The van der Waals surface area contributed by atoms with E-state index in [2.05, 4.69) is 81.4 Å². The van der Waals surface area contributed by atoms with E-state index in [1.165, 1.54) is 10.4 Å². The number of aliphatic hydroxyl groups is 1. The van der Waals surface area contributed by atoms with Gasteiger partial charge in [0.05, 0.1) is 6.10 Å². The van der Waals surface area contributed by atoms with E-state index in [9.17, 15) is 5.11 Å². The first kappa shape index (κ1) is 18.0. The molecule has 2 aromatic rings. The molecule has 2 aromatic carbocycles. The summed E-state index contributed by atoms with van der Waals surface area (Å²) < 4.78 is 7.25. The Morgan fingerprint density at radius 1 is 0.808 bits per heavy atom. The molecular weight excluding hydrogens is 336 g/mol. The van der Waals surface area contributed by atoms with Gasteiger partial charge in [-0.1, -0.05) is 81.4 Å². The molecule has 26 heavy (non-hydrogen) atoms. The van der Waals surface area contributed by atoms with Crippen LogP contribution in [-0.2, 0) is 4.43 Å². The zero-order valence-corrected chi connectivity index (χ0v) is 17.1. The van der Waals surface area contributed by atoms with Crippen LogP contribution >= 0.6 is 0 Å². The van der Waals surface area contributed by atoms with Gasteiger partial charge in [-0.25, -0.2) is 0 Å². The molecule has 3 heteroatoms. The van der Waals surface area contributed by atoms with Crippen LogP contribution in [0.5, 0.6) is 0 Å². The summed E-state index contributed by atoms with van der Waals surface area (Å²) in [4.78, 5) is 0. The Bertz CT molecular complexity index is 696. The van der Waals surface area contributed by atoms with Gasteiger partial charge >= 0.3 is 0 Å². The van der Waals surface area contributed by atoms with Crippen LogP contribution in [0.4, 0.5) is 0 Å². The molecular formula is C23H30O2Si. The molecule has 2 aliphatic carbocycles. The molecule has 138 valence electrons. The Kier molecular flexibility index (Phi) is 4.58. The van der Waals surface area contributed by atoms with Crippen LogP contribution in [0.3, 0.4) is 0 Å². The number of fused-ring (bicyclic) bond motifs is 2. The van der Waals surface area contributed by atoms with Crippen molar-refractivity contribution in [3.05, 3.63) is 60.7 Å². The average molecular weight is 367 g/mol. The first-order chi connectivity index (χ1) is 12.4. The van der Waals surface area contributed by atoms with Crippen molar-refractivity contribution >= 4 is 18.7 Å². The molecule has 2 nitrogen and oxygen atoms in total. The molecule has 2 saturated carbocycles. The topological polar surface area (TPSA) is 29.5 Å². The van der Waals surface area contributed by atoms with Gasteiger partial charge < -0.3 is 9.53 Å². The van der Waals surface area contributed by atoms with E-state index in [0.29, 0.717) is 11.8 Å². The number of benzene rings is 2. The summed E-state index contributed by atoms with van der Waals surface area (Å²) >= 11 is 0. The zero-order chi connectivity index (χ0) is 18.4. The Morgan fingerprint density at radius 2 is 1.35 bits per heavy atom. The Balaban J connectivity index is 1.81. The lowest BCUT2D eigenvalue weighted by atomic mass is 9.95. The lowest BCUT2D eigenvalue weighted by Crippen LogP contribution is -2.68. The van der Waals surface area contributed by atoms with Crippen molar-refractivity contribution in [3.63, 3.8) is 0 Å². The number of hydrogen-bond donors (Lipinski definition) is 1. The predicted molar refractivity (Wildman–Crippen MR) is 109 cm³/mol. The standard InChI is InChI=1S/C23H30O2Si/c1-23(2,3)26(19-10-6-4-7-11-19,20-12-8-5-9-13-20)25-22-16-17-14-18(22)15-21(17)24/h4-13,17-18,21-22,24H,14-16H2,1-3H3/t17-,18-,21-,22+/m1/s1. The molecule has 0 aliphatic heterocycles. The van der Waals surface area contributed by atoms with Gasteiger partial charge in [0.1, 0.15) is 0 Å². The maximum atomic E-state index is 10.2. The van der Waals surface area contributed by atoms with Crippen LogP contribution in [0.2, 0.25) is 5.04 Å². The van der Waals surface area contributed by atoms with Gasteiger partial charge in [0.25, 0.3) is 8.32 Å². The third-order valence-electron chi connectivity index (χ3n) is 6.50. The molecule has 0 spiro atoms. The van der Waals surface area contributed by atoms with Gasteiger partial charge in [-0.05, 0) is 46.5 Å². The normalized spacial score (nSPS) is 28.5. The highest BCUT2D eigenvalue weighted by Crippen LogP contribution is 2.49. The summed E-state index contributed by atoms with van der Waals surface area (Å²) in [7, 11) is -2.46. The van der Waals surface area contributed by atoms with Crippen LogP contribution in [-0.4, -0.2) is 25.6 Å². The van der Waals surface area contributed by atoms with E-state index in [1.807, 2.05) is 0 Å². The van der Waals surface area contributed by atoms with Crippen molar-refractivity contribution < 1.29 is 9.53 Å². The predicted octanol–water partition coefficient (Wildman–Crippen LogP) is 3.72. The Hall–Kier alpha value is -1.42. The minimum Gasteiger partial charge on any atom is -0.404 e. The van der Waals surface area contributed by atoms with E-state index >= 15 is 0 Å². The van der Waals surface area contributed by atoms with Crippen molar-refractivity contribution in [1.29, 1.82) is 0 Å². The fourth-order valence-electron chi connectivity index (χ4n) is 5.26. The van der Waals surface area contributed by atoms with Gasteiger partial charge in [0.2, 0.25) is 0 Å². The SMILES string of the molecule is CC(C)(C)[Si](O[C@H]1C[C@H]2C[C@@H]1C[C@H]2O)(c1ccccc1)c1ccccc1. The van der Waals surface area contributed by atoms with Crippen molar-refractivity contribution in [2.24, 2.45) is 11.8 Å². The van der Waals surface area contributed by atoms with E-state index in [1.54, 1.807) is 0 Å². The molecule has 4 rings (SSSR count). The second kappa shape index (κ2) is 6.63. The number of aliphatic hydroxyl groups excluding tert-OH is 1. The maximum Gasteiger partial charge on any atom is 0.261 e. The van der Waals surface area contributed by atoms with E-state index in [-0.39, 0.29) is 17.2 Å². The summed E-state index contributed by atoms with van der Waals surface area (Å²) in [5, 5.41) is 12.9. The van der Waals surface area contributed by atoms with Crippen molar-refractivity contribution in [2.75, 3.05) is 0 Å². The van der Waals surface area contributed by atoms with Crippen molar-refractivity contribution in [3.8, 4) is 0 Å². The van der Waals surface area contributed by atoms with Crippen molar-refractivity contribution in [1.82, 2.24) is 0 Å². The molecule has 0 amide bonds. The summed E-state index contributed by atoms with van der Waals surface area (Å²) in [5.74, 6) is 0.944. The van der Waals surface area contributed by atoms with E-state index in [4.69, 9.17) is 4.43 Å². The molecule has 2 bridgehead atoms. The summed E-state index contributed by atoms with van der Waals surface area (Å²) in [5.41, 5.74) is 0. The fraction of sp³-hybridized carbons (Fsp3) is 0.478. The second-order valence-corrected chi connectivity index (χ2v) is 13.4. The van der Waals surface area contributed by atoms with Crippen LogP contribution in [0.1, 0.15) is 40.0 Å². The van der Waals surface area contributed by atoms with E-state index < -0.39 is 8.32 Å². The fourth-order valence-corrected chi connectivity index (χ4v) is 10.0. The summed E-state index contributed by atoms with van der Waals surface area (Å²) in [6.07, 6.45) is 3.21. The first-order valence-corrected chi connectivity index (χ1v) is 11.8. The molecule has 0 aromatic heterocycles. The quantitative estimate of drug-likeness (QED) is 0.836. The highest BCUT2D eigenvalue weighted by atomic mass is 28.4. The third-order valence-corrected chi connectivity index (χ3v) is 11.6. The van der Waals surface area contributed by atoms with Gasteiger partial charge in [-0.2, -0.15) is 0 Å². The summed E-state index contributed by atoms with van der Waals surface area (Å²) in [6.45, 7) is 7.00. The first-order valence-electron chi connectivity index (χ1n) is 9.89. The molecule has 1 N–H and O–H groups in total. The maximum absolute atomic E-state index is 10.2. The lowest BCUT2D eigenvalue weighted by molar-refractivity contribution is 0.0523. The highest BCUT2D eigenvalue weighted by molar-refractivity contribution is 6.99. The lowest BCUT2D eigenvalue weighted by Gasteiger charge is -2.46. The van der Waals surface area contributed by atoms with Gasteiger partial charge in [0, 0.05) is 6.10 Å². The minimum atomic E-state index is -2.46. The molecule has 0 unspecified atom stereocenters. The van der Waals surface area contributed by atoms with Gasteiger partial charge in [-0.3, -0.25) is 0 Å². The van der Waals surface area contributed by atoms with Crippen LogP contribution < -0.4 is 10.4 Å². The molecule has 0 radical (unpaired) electrons. The second-order valence-electron chi connectivity index (χ2n) is 9.11. The monoisotopic (exact) mass is 366 g/mol.